The van der Waals surface area contributed by atoms with Gasteiger partial charge in [0, 0.05) is 0 Å². The van der Waals surface area contributed by atoms with Crippen LogP contribution >= 0.6 is 0 Å². The Kier molecular flexibility index (Phi) is 3.82. The summed E-state index contributed by atoms with van der Waals surface area (Å²) in [5, 5.41) is 3.54. The predicted octanol–water partition coefficient (Wildman–Crippen LogP) is 1.75. The number of rotatable bonds is 2. The van der Waals surface area contributed by atoms with Crippen LogP contribution in [0.15, 0.2) is 0 Å². The van der Waals surface area contributed by atoms with E-state index in [9.17, 15) is 0 Å². The number of hydrogen-bond donors (Lipinski definition) is 2. The Bertz CT molecular complexity index is 164. The third kappa shape index (κ3) is 2.29. The molecule has 2 nitrogen and oxygen atoms in total. The van der Waals surface area contributed by atoms with E-state index in [1.807, 2.05) is 0 Å². The molecule has 1 saturated heterocycles. The molecule has 2 heteroatoms. The highest BCUT2D eigenvalue weighted by atomic mass is 14.9. The summed E-state index contributed by atoms with van der Waals surface area (Å²) in [5.74, 6) is 2.67. The molecule has 3 N–H and O–H groups in total. The van der Waals surface area contributed by atoms with Gasteiger partial charge in [0.15, 0.2) is 0 Å². The van der Waals surface area contributed by atoms with Gasteiger partial charge < -0.3 is 11.1 Å². The smallest absolute Gasteiger partial charge is 0.00147 e. The Balaban J connectivity index is 1.91. The molecule has 0 aromatic rings. The van der Waals surface area contributed by atoms with Crippen molar-refractivity contribution in [2.75, 3.05) is 19.6 Å². The molecule has 0 spiro atoms. The number of piperidine rings is 1. The monoisotopic (exact) mass is 196 g/mol. The molecule has 1 heterocycles. The van der Waals surface area contributed by atoms with Crippen LogP contribution in [0, 0.1) is 17.8 Å². The Labute approximate surface area is 87.6 Å². The maximum atomic E-state index is 5.87. The molecule has 0 aromatic carbocycles. The van der Waals surface area contributed by atoms with E-state index in [0.717, 1.165) is 24.3 Å². The van der Waals surface area contributed by atoms with Crippen molar-refractivity contribution in [2.24, 2.45) is 23.5 Å². The van der Waals surface area contributed by atoms with Crippen LogP contribution < -0.4 is 11.1 Å². The second-order valence-corrected chi connectivity index (χ2v) is 5.05. The molecule has 1 aliphatic heterocycles. The van der Waals surface area contributed by atoms with E-state index in [4.69, 9.17) is 5.73 Å². The molecular formula is C12H24N2. The summed E-state index contributed by atoms with van der Waals surface area (Å²) in [5.41, 5.74) is 5.87. The van der Waals surface area contributed by atoms with Crippen molar-refractivity contribution in [3.63, 3.8) is 0 Å². The molecule has 2 atom stereocenters. The molecular weight excluding hydrogens is 172 g/mol. The van der Waals surface area contributed by atoms with E-state index in [0.29, 0.717) is 0 Å². The Morgan fingerprint density at radius 3 is 2.57 bits per heavy atom. The first-order valence-electron chi connectivity index (χ1n) is 6.32. The average molecular weight is 196 g/mol. The second-order valence-electron chi connectivity index (χ2n) is 5.05. The fourth-order valence-corrected chi connectivity index (χ4v) is 3.34. The van der Waals surface area contributed by atoms with Crippen molar-refractivity contribution >= 4 is 0 Å². The number of nitrogens with one attached hydrogen (secondary N) is 1. The zero-order chi connectivity index (χ0) is 9.80. The van der Waals surface area contributed by atoms with E-state index in [2.05, 4.69) is 5.32 Å². The van der Waals surface area contributed by atoms with Gasteiger partial charge in [0.2, 0.25) is 0 Å². The van der Waals surface area contributed by atoms with Crippen molar-refractivity contribution in [1.29, 1.82) is 0 Å². The van der Waals surface area contributed by atoms with Crippen LogP contribution in [0.3, 0.4) is 0 Å². The second kappa shape index (κ2) is 5.13. The zero-order valence-electron chi connectivity index (χ0n) is 9.17. The van der Waals surface area contributed by atoms with Gasteiger partial charge in [-0.1, -0.05) is 32.1 Å². The summed E-state index contributed by atoms with van der Waals surface area (Å²) in [6, 6.07) is 0. The van der Waals surface area contributed by atoms with Crippen molar-refractivity contribution in [3.05, 3.63) is 0 Å². The lowest BCUT2D eigenvalue weighted by Crippen LogP contribution is -2.43. The largest absolute Gasteiger partial charge is 0.330 e. The molecule has 2 rings (SSSR count). The molecule has 1 aliphatic carbocycles. The average Bonchev–Trinajstić information content (AvgIpc) is 2.30. The van der Waals surface area contributed by atoms with Gasteiger partial charge in [-0.25, -0.2) is 0 Å². The molecule has 82 valence electrons. The molecule has 2 unspecified atom stereocenters. The van der Waals surface area contributed by atoms with Crippen molar-refractivity contribution in [2.45, 2.75) is 38.5 Å². The predicted molar refractivity (Wildman–Crippen MR) is 60.1 cm³/mol. The van der Waals surface area contributed by atoms with E-state index >= 15 is 0 Å². The third-order valence-corrected chi connectivity index (χ3v) is 4.24. The fourth-order valence-electron chi connectivity index (χ4n) is 3.34. The van der Waals surface area contributed by atoms with Crippen LogP contribution in [0.1, 0.15) is 38.5 Å². The highest BCUT2D eigenvalue weighted by Gasteiger charge is 2.31. The quantitative estimate of drug-likeness (QED) is 0.706. The van der Waals surface area contributed by atoms with E-state index in [1.165, 1.54) is 51.6 Å². The maximum absolute atomic E-state index is 5.87. The van der Waals surface area contributed by atoms with Gasteiger partial charge in [0.25, 0.3) is 0 Å². The molecule has 2 aliphatic rings. The molecule has 1 saturated carbocycles. The van der Waals surface area contributed by atoms with Crippen LogP contribution in [0.2, 0.25) is 0 Å². The van der Waals surface area contributed by atoms with Gasteiger partial charge in [-0.2, -0.15) is 0 Å². The maximum Gasteiger partial charge on any atom is -0.00147 e. The van der Waals surface area contributed by atoms with Crippen molar-refractivity contribution in [1.82, 2.24) is 5.32 Å². The first kappa shape index (κ1) is 10.4. The first-order chi connectivity index (χ1) is 6.92. The van der Waals surface area contributed by atoms with E-state index < -0.39 is 0 Å². The minimum Gasteiger partial charge on any atom is -0.330 e. The normalized spacial score (nSPS) is 35.8. The molecule has 0 amide bonds. The molecule has 2 fully saturated rings. The van der Waals surface area contributed by atoms with Gasteiger partial charge in [-0.05, 0) is 43.8 Å². The Hall–Kier alpha value is -0.0800. The summed E-state index contributed by atoms with van der Waals surface area (Å²) < 4.78 is 0. The zero-order valence-corrected chi connectivity index (χ0v) is 9.17. The summed E-state index contributed by atoms with van der Waals surface area (Å²) in [4.78, 5) is 0. The van der Waals surface area contributed by atoms with E-state index in [1.54, 1.807) is 0 Å². The summed E-state index contributed by atoms with van der Waals surface area (Å²) in [6.07, 6.45) is 8.60. The van der Waals surface area contributed by atoms with Gasteiger partial charge in [0.05, 0.1) is 0 Å². The Morgan fingerprint density at radius 1 is 1.07 bits per heavy atom. The fraction of sp³-hybridized carbons (Fsp3) is 1.00. The van der Waals surface area contributed by atoms with Gasteiger partial charge >= 0.3 is 0 Å². The van der Waals surface area contributed by atoms with Crippen LogP contribution in [0.4, 0.5) is 0 Å². The number of hydrogen-bond acceptors (Lipinski definition) is 2. The molecule has 14 heavy (non-hydrogen) atoms. The minimum absolute atomic E-state index is 0.805. The third-order valence-electron chi connectivity index (χ3n) is 4.24. The summed E-state index contributed by atoms with van der Waals surface area (Å²) >= 11 is 0. The lowest BCUT2D eigenvalue weighted by molar-refractivity contribution is 0.146. The standard InChI is InChI=1S/C12H24N2/c13-8-11-6-7-14-9-12(11)10-4-2-1-3-5-10/h10-12,14H,1-9,13H2. The van der Waals surface area contributed by atoms with Crippen molar-refractivity contribution < 1.29 is 0 Å². The Morgan fingerprint density at radius 2 is 1.86 bits per heavy atom. The van der Waals surface area contributed by atoms with Gasteiger partial charge in [-0.3, -0.25) is 0 Å². The van der Waals surface area contributed by atoms with E-state index in [-0.39, 0.29) is 0 Å². The highest BCUT2D eigenvalue weighted by Crippen LogP contribution is 2.35. The van der Waals surface area contributed by atoms with Crippen LogP contribution in [0.5, 0.6) is 0 Å². The lowest BCUT2D eigenvalue weighted by atomic mass is 9.72. The summed E-state index contributed by atoms with van der Waals surface area (Å²) in [6.45, 7) is 3.32. The minimum atomic E-state index is 0.805. The van der Waals surface area contributed by atoms with Crippen molar-refractivity contribution in [3.8, 4) is 0 Å². The van der Waals surface area contributed by atoms with Gasteiger partial charge in [0.1, 0.15) is 0 Å². The highest BCUT2D eigenvalue weighted by molar-refractivity contribution is 4.85. The van der Waals surface area contributed by atoms with Crippen LogP contribution in [0.25, 0.3) is 0 Å². The van der Waals surface area contributed by atoms with Crippen LogP contribution in [-0.2, 0) is 0 Å². The first-order valence-corrected chi connectivity index (χ1v) is 6.32. The molecule has 0 aromatic heterocycles. The molecule has 0 radical (unpaired) electrons. The number of nitrogens with two attached hydrogens (primary N) is 1. The summed E-state index contributed by atoms with van der Waals surface area (Å²) in [7, 11) is 0. The lowest BCUT2D eigenvalue weighted by Gasteiger charge is -2.38. The van der Waals surface area contributed by atoms with Gasteiger partial charge in [-0.15, -0.1) is 0 Å². The SMILES string of the molecule is NCC1CCNCC1C1CCCCC1. The topological polar surface area (TPSA) is 38.0 Å². The van der Waals surface area contributed by atoms with Crippen LogP contribution in [-0.4, -0.2) is 19.6 Å². The molecule has 0 bridgehead atoms.